The summed E-state index contributed by atoms with van der Waals surface area (Å²) in [7, 11) is 1.35. The molecule has 0 spiro atoms. The van der Waals surface area contributed by atoms with Gasteiger partial charge in [-0.05, 0) is 53.9 Å². The summed E-state index contributed by atoms with van der Waals surface area (Å²) >= 11 is 13.1. The number of rotatable bonds is 2. The van der Waals surface area contributed by atoms with Crippen LogP contribution in [0.25, 0.3) is 9.75 Å². The molecule has 90 valence electrons. The minimum atomic E-state index is -0.428. The van der Waals surface area contributed by atoms with E-state index in [1.165, 1.54) is 29.8 Å². The summed E-state index contributed by atoms with van der Waals surface area (Å²) in [6.45, 7) is 0. The lowest BCUT2D eigenvalue weighted by atomic mass is 10.3. The maximum absolute atomic E-state index is 11.6. The van der Waals surface area contributed by atoms with Crippen molar-refractivity contribution in [3.8, 4) is 9.75 Å². The van der Waals surface area contributed by atoms with E-state index in [-0.39, 0.29) is 0 Å². The SMILES string of the molecule is COC(=O)c1nc(Br)sc1-c1cc(Br)c(Br)s1. The zero-order valence-corrected chi connectivity index (χ0v) is 14.7. The highest BCUT2D eigenvalue weighted by Gasteiger charge is 2.21. The number of thiophene rings is 1. The zero-order chi connectivity index (χ0) is 12.6. The number of esters is 1. The Hall–Kier alpha value is 0.240. The van der Waals surface area contributed by atoms with E-state index in [0.29, 0.717) is 9.61 Å². The molecule has 0 aliphatic heterocycles. The molecule has 0 aromatic carbocycles. The zero-order valence-electron chi connectivity index (χ0n) is 8.29. The van der Waals surface area contributed by atoms with Gasteiger partial charge in [0.15, 0.2) is 9.61 Å². The van der Waals surface area contributed by atoms with Crippen LogP contribution in [0.4, 0.5) is 0 Å². The third-order valence-corrected chi connectivity index (χ3v) is 6.79. The average Bonchev–Trinajstić information content (AvgIpc) is 2.82. The van der Waals surface area contributed by atoms with E-state index in [2.05, 4.69) is 52.8 Å². The minimum absolute atomic E-state index is 0.339. The Morgan fingerprint density at radius 1 is 1.35 bits per heavy atom. The highest BCUT2D eigenvalue weighted by molar-refractivity contribution is 9.13. The first kappa shape index (κ1) is 13.7. The number of carbonyl (C=O) groups is 1. The number of nitrogens with zero attached hydrogens (tertiary/aromatic N) is 1. The van der Waals surface area contributed by atoms with E-state index < -0.39 is 5.97 Å². The molecule has 0 bridgehead atoms. The first-order valence-corrected chi connectivity index (χ1v) is 8.24. The van der Waals surface area contributed by atoms with Crippen molar-refractivity contribution in [3.63, 3.8) is 0 Å². The van der Waals surface area contributed by atoms with Gasteiger partial charge in [-0.3, -0.25) is 0 Å². The fraction of sp³-hybridized carbons (Fsp3) is 0.111. The molecule has 2 aromatic heterocycles. The van der Waals surface area contributed by atoms with Crippen LogP contribution in [-0.4, -0.2) is 18.1 Å². The van der Waals surface area contributed by atoms with Gasteiger partial charge in [0, 0.05) is 9.35 Å². The third-order valence-electron chi connectivity index (χ3n) is 1.85. The van der Waals surface area contributed by atoms with Gasteiger partial charge in [0.1, 0.15) is 0 Å². The number of ether oxygens (including phenoxy) is 1. The number of hydrogen-bond donors (Lipinski definition) is 0. The largest absolute Gasteiger partial charge is 0.464 e. The first-order chi connectivity index (χ1) is 8.02. The molecule has 0 atom stereocenters. The highest BCUT2D eigenvalue weighted by Crippen LogP contribution is 2.42. The van der Waals surface area contributed by atoms with E-state index in [1.54, 1.807) is 0 Å². The van der Waals surface area contributed by atoms with Gasteiger partial charge in [-0.2, -0.15) is 0 Å². The van der Waals surface area contributed by atoms with E-state index in [1.807, 2.05) is 6.07 Å². The van der Waals surface area contributed by atoms with Crippen LogP contribution in [0.5, 0.6) is 0 Å². The van der Waals surface area contributed by atoms with Gasteiger partial charge in [0.2, 0.25) is 0 Å². The summed E-state index contributed by atoms with van der Waals surface area (Å²) in [6.07, 6.45) is 0. The Kier molecular flexibility index (Phi) is 4.40. The molecule has 17 heavy (non-hydrogen) atoms. The Balaban J connectivity index is 2.55. The van der Waals surface area contributed by atoms with Crippen molar-refractivity contribution in [2.24, 2.45) is 0 Å². The molecule has 0 saturated heterocycles. The predicted molar refractivity (Wildman–Crippen MR) is 79.9 cm³/mol. The number of thiazole rings is 1. The third kappa shape index (κ3) is 2.81. The topological polar surface area (TPSA) is 39.2 Å². The summed E-state index contributed by atoms with van der Waals surface area (Å²) in [6, 6.07) is 1.95. The minimum Gasteiger partial charge on any atom is -0.464 e. The van der Waals surface area contributed by atoms with E-state index >= 15 is 0 Å². The van der Waals surface area contributed by atoms with Crippen LogP contribution in [0.15, 0.2) is 18.2 Å². The molecule has 0 aliphatic carbocycles. The number of aromatic nitrogens is 1. The van der Waals surface area contributed by atoms with E-state index in [4.69, 9.17) is 4.74 Å². The summed E-state index contributed by atoms with van der Waals surface area (Å²) in [5, 5.41) is 0. The van der Waals surface area contributed by atoms with E-state index in [9.17, 15) is 4.79 Å². The van der Waals surface area contributed by atoms with Gasteiger partial charge in [0.25, 0.3) is 0 Å². The number of halogens is 3. The summed E-state index contributed by atoms with van der Waals surface area (Å²) in [4.78, 5) is 17.5. The normalized spacial score (nSPS) is 10.6. The molecule has 0 radical (unpaired) electrons. The van der Waals surface area contributed by atoms with Crippen LogP contribution < -0.4 is 0 Å². The van der Waals surface area contributed by atoms with Gasteiger partial charge in [0.05, 0.1) is 15.8 Å². The molecule has 0 aliphatic rings. The van der Waals surface area contributed by atoms with Crippen LogP contribution in [-0.2, 0) is 4.74 Å². The Bertz CT molecular complexity index is 559. The maximum Gasteiger partial charge on any atom is 0.358 e. The van der Waals surface area contributed by atoms with Crippen LogP contribution in [0.1, 0.15) is 10.5 Å². The Morgan fingerprint density at radius 3 is 2.59 bits per heavy atom. The lowest BCUT2D eigenvalue weighted by molar-refractivity contribution is 0.0595. The molecular formula is C9H4Br3NO2S2. The van der Waals surface area contributed by atoms with Crippen LogP contribution in [0.3, 0.4) is 0 Å². The second-order valence-electron chi connectivity index (χ2n) is 2.87. The Morgan fingerprint density at radius 2 is 2.06 bits per heavy atom. The molecule has 0 amide bonds. The van der Waals surface area contributed by atoms with Crippen molar-refractivity contribution >= 4 is 76.4 Å². The highest BCUT2D eigenvalue weighted by atomic mass is 79.9. The maximum atomic E-state index is 11.6. The fourth-order valence-corrected chi connectivity index (χ4v) is 4.73. The van der Waals surface area contributed by atoms with Crippen molar-refractivity contribution in [3.05, 3.63) is 23.9 Å². The summed E-state index contributed by atoms with van der Waals surface area (Å²) in [5.74, 6) is -0.428. The van der Waals surface area contributed by atoms with Gasteiger partial charge in [-0.25, -0.2) is 9.78 Å². The van der Waals surface area contributed by atoms with Crippen molar-refractivity contribution in [2.75, 3.05) is 7.11 Å². The second-order valence-corrected chi connectivity index (χ2v) is 8.37. The molecule has 0 N–H and O–H groups in total. The predicted octanol–water partition coefficient (Wildman–Crippen LogP) is 4.95. The number of methoxy groups -OCH3 is 1. The van der Waals surface area contributed by atoms with Gasteiger partial charge in [-0.15, -0.1) is 22.7 Å². The smallest absolute Gasteiger partial charge is 0.358 e. The molecule has 3 nitrogen and oxygen atoms in total. The summed E-state index contributed by atoms with van der Waals surface area (Å²) < 4.78 is 7.31. The average molecular weight is 462 g/mol. The lowest BCUT2D eigenvalue weighted by Crippen LogP contribution is -2.02. The molecule has 2 heterocycles. The second kappa shape index (κ2) is 5.48. The number of carbonyl (C=O) groups excluding carboxylic acids is 1. The first-order valence-electron chi connectivity index (χ1n) is 4.22. The molecule has 2 aromatic rings. The van der Waals surface area contributed by atoms with Gasteiger partial charge in [-0.1, -0.05) is 0 Å². The van der Waals surface area contributed by atoms with Crippen LogP contribution in [0.2, 0.25) is 0 Å². The summed E-state index contributed by atoms with van der Waals surface area (Å²) in [5.41, 5.74) is 0.339. The van der Waals surface area contributed by atoms with Crippen molar-refractivity contribution in [1.29, 1.82) is 0 Å². The van der Waals surface area contributed by atoms with Crippen LogP contribution in [0, 0.1) is 0 Å². The van der Waals surface area contributed by atoms with Crippen molar-refractivity contribution in [2.45, 2.75) is 0 Å². The van der Waals surface area contributed by atoms with Gasteiger partial charge < -0.3 is 4.74 Å². The van der Waals surface area contributed by atoms with Crippen molar-refractivity contribution < 1.29 is 9.53 Å². The van der Waals surface area contributed by atoms with Crippen LogP contribution >= 0.6 is 70.5 Å². The Labute approximate surface area is 131 Å². The quantitative estimate of drug-likeness (QED) is 0.594. The monoisotopic (exact) mass is 459 g/mol. The van der Waals surface area contributed by atoms with Crippen molar-refractivity contribution in [1.82, 2.24) is 4.98 Å². The molecule has 8 heteroatoms. The molecule has 0 saturated carbocycles. The molecule has 0 unspecified atom stereocenters. The number of hydrogen-bond acceptors (Lipinski definition) is 5. The lowest BCUT2D eigenvalue weighted by Gasteiger charge is -1.96. The molecule has 2 rings (SSSR count). The molecule has 0 fully saturated rings. The molecular weight excluding hydrogens is 458 g/mol. The fourth-order valence-electron chi connectivity index (χ4n) is 1.15. The standard InChI is InChI=1S/C9H4Br3NO2S2/c1-15-8(14)5-6(17-9(12)13-5)4-2-3(10)7(11)16-4/h2H,1H3. The van der Waals surface area contributed by atoms with E-state index in [0.717, 1.165) is 18.0 Å². The van der Waals surface area contributed by atoms with Gasteiger partial charge >= 0.3 is 5.97 Å².